The standard InChI is InChI=1S/C44H48N4O.Pt/c1-9-10-14-40-44(43-30(6)20-29(5)21-31(43)7)32(8)46-48(40)34-23-33(27(2)3)24-36(25-34)49-35-16-17-38-37-13-11-12-15-39(37)47(41(38)26-35)42-22-28(4)18-19-45-42;/h11-13,15-20,22-24,27,29,31,43H,9-10,14,21H2,1-8H3;/q-2;+2/t29-,31-,43?;/m0./s1. The van der Waals surface area contributed by atoms with Crippen LogP contribution in [0.3, 0.4) is 0 Å². The van der Waals surface area contributed by atoms with Gasteiger partial charge in [0.1, 0.15) is 5.82 Å². The van der Waals surface area contributed by atoms with Crippen molar-refractivity contribution in [3.63, 3.8) is 0 Å². The summed E-state index contributed by atoms with van der Waals surface area (Å²) in [7, 11) is 0. The van der Waals surface area contributed by atoms with Crippen molar-refractivity contribution in [3.8, 4) is 23.0 Å². The SMILES string of the molecule is CCCCc1c(C2C(C)=C[C@H](C)C[C@@H]2C)c(C)nn1-c1[c-]c(Oc2[c-]c3c(cc2)c2ccccc2n3-c2cc(C)ccn2)cc(C(C)C)c1.[Pt+2]. The number of aromatic nitrogens is 4. The number of allylic oxidation sites excluding steroid dienone is 2. The van der Waals surface area contributed by atoms with Gasteiger partial charge in [-0.1, -0.05) is 76.4 Å². The van der Waals surface area contributed by atoms with Crippen LogP contribution in [0.25, 0.3) is 33.3 Å². The van der Waals surface area contributed by atoms with E-state index < -0.39 is 0 Å². The van der Waals surface area contributed by atoms with Gasteiger partial charge in [0.2, 0.25) is 0 Å². The maximum Gasteiger partial charge on any atom is 2.00 e. The number of unbranched alkanes of at least 4 members (excludes halogenated alkanes) is 1. The molecule has 7 rings (SSSR count). The monoisotopic (exact) mass is 843 g/mol. The van der Waals surface area contributed by atoms with E-state index in [-0.39, 0.29) is 21.1 Å². The third-order valence-electron chi connectivity index (χ3n) is 10.3. The van der Waals surface area contributed by atoms with Gasteiger partial charge in [-0.05, 0) is 92.6 Å². The zero-order valence-electron chi connectivity index (χ0n) is 30.6. The number of ether oxygens (including phenoxy) is 1. The van der Waals surface area contributed by atoms with Crippen molar-refractivity contribution >= 4 is 21.8 Å². The summed E-state index contributed by atoms with van der Waals surface area (Å²) in [5.74, 6) is 4.04. The molecular weight excluding hydrogens is 796 g/mol. The van der Waals surface area contributed by atoms with Crippen LogP contribution in [0.1, 0.15) is 101 Å². The number of hydrogen-bond donors (Lipinski definition) is 0. The van der Waals surface area contributed by atoms with Crippen LogP contribution in [0, 0.1) is 37.8 Å². The molecule has 0 radical (unpaired) electrons. The molecule has 5 nitrogen and oxygen atoms in total. The largest absolute Gasteiger partial charge is 2.00 e. The van der Waals surface area contributed by atoms with E-state index in [0.29, 0.717) is 35.2 Å². The summed E-state index contributed by atoms with van der Waals surface area (Å²) in [5.41, 5.74) is 10.6. The van der Waals surface area contributed by atoms with E-state index in [1.165, 1.54) is 28.8 Å². The Balaban J connectivity index is 0.00000432. The first-order valence-electron chi connectivity index (χ1n) is 18.0. The molecule has 0 spiro atoms. The van der Waals surface area contributed by atoms with E-state index in [9.17, 15) is 0 Å². The van der Waals surface area contributed by atoms with Crippen LogP contribution in [0.4, 0.5) is 0 Å². The molecule has 3 atom stereocenters. The molecule has 0 saturated carbocycles. The molecule has 50 heavy (non-hydrogen) atoms. The number of pyridine rings is 1. The summed E-state index contributed by atoms with van der Waals surface area (Å²) in [6.07, 6.45) is 8.77. The van der Waals surface area contributed by atoms with Crippen molar-refractivity contribution in [2.45, 2.75) is 92.9 Å². The Bertz CT molecular complexity index is 2190. The molecule has 3 aromatic heterocycles. The third kappa shape index (κ3) is 6.74. The normalized spacial score (nSPS) is 17.7. The summed E-state index contributed by atoms with van der Waals surface area (Å²) < 4.78 is 11.0. The summed E-state index contributed by atoms with van der Waals surface area (Å²) in [6.45, 7) is 18.1. The van der Waals surface area contributed by atoms with Crippen molar-refractivity contribution in [1.29, 1.82) is 0 Å². The van der Waals surface area contributed by atoms with Crippen LogP contribution in [0.15, 0.2) is 78.5 Å². The molecule has 1 aliphatic carbocycles. The Morgan fingerprint density at radius 1 is 0.940 bits per heavy atom. The summed E-state index contributed by atoms with van der Waals surface area (Å²) in [5, 5.41) is 7.52. The first-order valence-corrected chi connectivity index (χ1v) is 18.0. The molecule has 260 valence electrons. The summed E-state index contributed by atoms with van der Waals surface area (Å²) in [4.78, 5) is 4.74. The van der Waals surface area contributed by atoms with Crippen molar-refractivity contribution in [3.05, 3.63) is 119 Å². The van der Waals surface area contributed by atoms with Gasteiger partial charge in [0.15, 0.2) is 0 Å². The molecule has 6 aromatic rings. The van der Waals surface area contributed by atoms with E-state index in [1.807, 2.05) is 18.3 Å². The molecule has 1 unspecified atom stereocenters. The van der Waals surface area contributed by atoms with E-state index >= 15 is 0 Å². The number of nitrogens with zero attached hydrogens (tertiary/aromatic N) is 4. The van der Waals surface area contributed by atoms with Crippen molar-refractivity contribution in [2.75, 3.05) is 0 Å². The van der Waals surface area contributed by atoms with Gasteiger partial charge in [0, 0.05) is 40.4 Å². The first kappa shape index (κ1) is 35.9. The van der Waals surface area contributed by atoms with Crippen molar-refractivity contribution < 1.29 is 25.8 Å². The number of hydrogen-bond acceptors (Lipinski definition) is 3. The minimum Gasteiger partial charge on any atom is -0.509 e. The minimum absolute atomic E-state index is 0. The van der Waals surface area contributed by atoms with Crippen molar-refractivity contribution in [2.24, 2.45) is 11.8 Å². The van der Waals surface area contributed by atoms with Gasteiger partial charge in [-0.15, -0.1) is 41.3 Å². The molecule has 0 aliphatic heterocycles. The molecule has 0 bridgehead atoms. The molecular formula is C44H48N4OPt. The maximum atomic E-state index is 6.68. The van der Waals surface area contributed by atoms with Crippen LogP contribution in [-0.2, 0) is 27.5 Å². The Morgan fingerprint density at radius 2 is 1.74 bits per heavy atom. The predicted molar refractivity (Wildman–Crippen MR) is 202 cm³/mol. The van der Waals surface area contributed by atoms with Gasteiger partial charge >= 0.3 is 21.1 Å². The summed E-state index contributed by atoms with van der Waals surface area (Å²) in [6, 6.07) is 28.4. The predicted octanol–water partition coefficient (Wildman–Crippen LogP) is 11.5. The fourth-order valence-electron chi connectivity index (χ4n) is 8.06. The van der Waals surface area contributed by atoms with Gasteiger partial charge in [-0.3, -0.25) is 4.68 Å². The van der Waals surface area contributed by atoms with Crippen LogP contribution in [-0.4, -0.2) is 19.3 Å². The van der Waals surface area contributed by atoms with Crippen LogP contribution >= 0.6 is 0 Å². The summed E-state index contributed by atoms with van der Waals surface area (Å²) >= 11 is 0. The fraction of sp³-hybridized carbons (Fsp3) is 0.364. The topological polar surface area (TPSA) is 44.9 Å². The quantitative estimate of drug-likeness (QED) is 0.108. The number of fused-ring (bicyclic) bond motifs is 3. The zero-order chi connectivity index (χ0) is 34.4. The van der Waals surface area contributed by atoms with E-state index in [2.05, 4.69) is 131 Å². The Morgan fingerprint density at radius 3 is 2.48 bits per heavy atom. The fourth-order valence-corrected chi connectivity index (χ4v) is 8.06. The van der Waals surface area contributed by atoms with Crippen LogP contribution in [0.5, 0.6) is 11.5 Å². The van der Waals surface area contributed by atoms with Gasteiger partial charge in [0.05, 0.1) is 5.69 Å². The van der Waals surface area contributed by atoms with Gasteiger partial charge in [-0.25, -0.2) is 4.98 Å². The van der Waals surface area contributed by atoms with Crippen LogP contribution < -0.4 is 4.74 Å². The van der Waals surface area contributed by atoms with Gasteiger partial charge in [0.25, 0.3) is 0 Å². The molecule has 0 N–H and O–H groups in total. The maximum absolute atomic E-state index is 6.68. The van der Waals surface area contributed by atoms with Crippen LogP contribution in [0.2, 0.25) is 0 Å². The first-order chi connectivity index (χ1) is 23.6. The average Bonchev–Trinajstić information content (AvgIpc) is 3.57. The number of rotatable bonds is 9. The van der Waals surface area contributed by atoms with E-state index in [1.54, 1.807) is 0 Å². The second kappa shape index (κ2) is 14.7. The molecule has 6 heteroatoms. The number of para-hydroxylation sites is 1. The van der Waals surface area contributed by atoms with E-state index in [4.69, 9.17) is 14.8 Å². The van der Waals surface area contributed by atoms with Gasteiger partial charge in [-0.2, -0.15) is 11.2 Å². The molecule has 0 amide bonds. The average molecular weight is 844 g/mol. The Hall–Kier alpha value is -3.95. The van der Waals surface area contributed by atoms with Crippen molar-refractivity contribution in [1.82, 2.24) is 19.3 Å². The molecule has 0 fully saturated rings. The second-order valence-corrected chi connectivity index (χ2v) is 14.6. The Kier molecular flexibility index (Phi) is 10.6. The smallest absolute Gasteiger partial charge is 0.509 e. The Labute approximate surface area is 312 Å². The zero-order valence-corrected chi connectivity index (χ0v) is 32.9. The number of benzene rings is 3. The minimum atomic E-state index is 0. The molecule has 3 heterocycles. The second-order valence-electron chi connectivity index (χ2n) is 14.6. The molecule has 3 aromatic carbocycles. The van der Waals surface area contributed by atoms with E-state index in [0.717, 1.165) is 63.8 Å². The molecule has 0 saturated heterocycles. The third-order valence-corrected chi connectivity index (χ3v) is 10.3. The van der Waals surface area contributed by atoms with Gasteiger partial charge < -0.3 is 9.30 Å². The number of aryl methyl sites for hydroxylation is 2. The molecule has 1 aliphatic rings.